The number of amides is 1. The van der Waals surface area contributed by atoms with Crippen molar-refractivity contribution in [3.8, 4) is 5.88 Å². The fraction of sp³-hybridized carbons (Fsp3) is 0.476. The van der Waals surface area contributed by atoms with Crippen molar-refractivity contribution in [1.82, 2.24) is 30.5 Å². The van der Waals surface area contributed by atoms with E-state index in [1.807, 2.05) is 0 Å². The summed E-state index contributed by atoms with van der Waals surface area (Å²) in [5, 5.41) is -0.798. The van der Waals surface area contributed by atoms with Gasteiger partial charge in [0.05, 0.1) is 18.2 Å². The summed E-state index contributed by atoms with van der Waals surface area (Å²) in [6.45, 7) is 1.46. The highest BCUT2D eigenvalue weighted by atomic mass is 35.5. The van der Waals surface area contributed by atoms with Crippen LogP contribution in [0.3, 0.4) is 0 Å². The third-order valence-corrected chi connectivity index (χ3v) is 7.30. The Bertz CT molecular complexity index is 1140. The number of methoxy groups -OCH3 is 2. The van der Waals surface area contributed by atoms with Gasteiger partial charge in [-0.2, -0.15) is 0 Å². The highest BCUT2D eigenvalue weighted by Gasteiger charge is 2.34. The number of hydrogen-bond acceptors (Lipinski definition) is 9. The summed E-state index contributed by atoms with van der Waals surface area (Å²) in [5.74, 6) is -0.289. The highest BCUT2D eigenvalue weighted by molar-refractivity contribution is 7.90. The molecule has 0 spiro atoms. The number of rotatable bonds is 8. The standard InChI is InChI=1S/C21H28ClN7O5S/c1-13(18(34-3)19-23-11-14(22)12-24-19)35(31,32)29-21(25-15-7-4-5-8-15)28-27-20(30)16-9-6-10-17(26-16)33-2/h6,9-13,15,18H,4-5,7-8H2,1-3H3,(H,27,30)(H2,25,28,29)/t13-,18-/m0/s1. The van der Waals surface area contributed by atoms with E-state index in [1.54, 1.807) is 12.1 Å². The molecule has 1 saturated carbocycles. The number of nitrogens with one attached hydrogen (secondary N) is 3. The SMILES string of the molecule is COc1cccc(C(=O)NNC(=NC2CCCC2)NS(=O)(=O)[C@@H](C)[C@H](OC)c2ncc(Cl)cn2)n1. The van der Waals surface area contributed by atoms with Crippen LogP contribution in [0.5, 0.6) is 5.88 Å². The summed E-state index contributed by atoms with van der Waals surface area (Å²) in [7, 11) is -1.26. The molecule has 12 nitrogen and oxygen atoms in total. The van der Waals surface area contributed by atoms with E-state index < -0.39 is 27.3 Å². The molecular weight excluding hydrogens is 498 g/mol. The fourth-order valence-corrected chi connectivity index (χ4v) is 4.72. The van der Waals surface area contributed by atoms with E-state index in [0.29, 0.717) is 5.02 Å². The van der Waals surface area contributed by atoms with Crippen molar-refractivity contribution in [2.75, 3.05) is 14.2 Å². The van der Waals surface area contributed by atoms with Crippen molar-refractivity contribution >= 4 is 33.5 Å². The molecule has 190 valence electrons. The topological polar surface area (TPSA) is 157 Å². The van der Waals surface area contributed by atoms with Crippen LogP contribution in [0.15, 0.2) is 35.6 Å². The molecule has 3 N–H and O–H groups in total. The Hall–Kier alpha value is -3.03. The molecule has 35 heavy (non-hydrogen) atoms. The number of carbonyl (C=O) groups excluding carboxylic acids is 1. The van der Waals surface area contributed by atoms with Gasteiger partial charge in [0.1, 0.15) is 17.0 Å². The summed E-state index contributed by atoms with van der Waals surface area (Å²) in [6.07, 6.45) is 5.35. The van der Waals surface area contributed by atoms with Crippen LogP contribution in [0.1, 0.15) is 55.0 Å². The number of hydrazine groups is 1. The molecule has 3 rings (SSSR count). The number of carbonyl (C=O) groups is 1. The van der Waals surface area contributed by atoms with Crippen LogP contribution < -0.4 is 20.3 Å². The second-order valence-corrected chi connectivity index (χ2v) is 10.3. The van der Waals surface area contributed by atoms with Crippen LogP contribution in [0, 0.1) is 0 Å². The third-order valence-electron chi connectivity index (χ3n) is 5.40. The number of ether oxygens (including phenoxy) is 2. The molecule has 2 aromatic heterocycles. The van der Waals surface area contributed by atoms with Crippen molar-refractivity contribution in [3.63, 3.8) is 0 Å². The first-order chi connectivity index (χ1) is 16.7. The number of aromatic nitrogens is 3. The number of sulfonamides is 1. The molecule has 1 amide bonds. The Morgan fingerprint density at radius 1 is 1.17 bits per heavy atom. The summed E-state index contributed by atoms with van der Waals surface area (Å²) >= 11 is 5.83. The lowest BCUT2D eigenvalue weighted by molar-refractivity contribution is 0.0935. The normalized spacial score (nSPS) is 16.4. The zero-order valence-electron chi connectivity index (χ0n) is 19.6. The van der Waals surface area contributed by atoms with E-state index in [2.05, 4.69) is 35.5 Å². The second-order valence-electron chi connectivity index (χ2n) is 7.83. The van der Waals surface area contributed by atoms with Gasteiger partial charge in [-0.15, -0.1) is 0 Å². The number of halogens is 1. The number of aliphatic imine (C=N–C) groups is 1. The van der Waals surface area contributed by atoms with E-state index in [1.165, 1.54) is 39.6 Å². The molecule has 14 heteroatoms. The van der Waals surface area contributed by atoms with Gasteiger partial charge in [-0.3, -0.25) is 20.4 Å². The lowest BCUT2D eigenvalue weighted by Gasteiger charge is -2.23. The minimum Gasteiger partial charge on any atom is -0.481 e. The van der Waals surface area contributed by atoms with Gasteiger partial charge in [0, 0.05) is 25.6 Å². The largest absolute Gasteiger partial charge is 0.481 e. The summed E-state index contributed by atoms with van der Waals surface area (Å²) in [4.78, 5) is 29.2. The predicted octanol–water partition coefficient (Wildman–Crippen LogP) is 1.76. The van der Waals surface area contributed by atoms with E-state index >= 15 is 0 Å². The molecule has 0 saturated heterocycles. The molecular formula is C21H28ClN7O5S. The second kappa shape index (κ2) is 12.1. The van der Waals surface area contributed by atoms with Crippen LogP contribution in [0.4, 0.5) is 0 Å². The van der Waals surface area contributed by atoms with Crippen molar-refractivity contribution in [1.29, 1.82) is 0 Å². The molecule has 0 bridgehead atoms. The number of guanidine groups is 1. The van der Waals surface area contributed by atoms with Gasteiger partial charge in [0.15, 0.2) is 5.82 Å². The average Bonchev–Trinajstić information content (AvgIpc) is 3.36. The van der Waals surface area contributed by atoms with E-state index in [-0.39, 0.29) is 29.4 Å². The lowest BCUT2D eigenvalue weighted by Crippen LogP contribution is -2.52. The maximum Gasteiger partial charge on any atom is 0.288 e. The Labute approximate surface area is 208 Å². The fourth-order valence-electron chi connectivity index (χ4n) is 3.50. The molecule has 1 fully saturated rings. The zero-order chi connectivity index (χ0) is 25.4. The molecule has 2 heterocycles. The number of hydrogen-bond donors (Lipinski definition) is 3. The first-order valence-corrected chi connectivity index (χ1v) is 12.8. The van der Waals surface area contributed by atoms with Crippen LogP contribution in [-0.2, 0) is 14.8 Å². The minimum atomic E-state index is -4.06. The molecule has 2 aromatic rings. The molecule has 0 unspecified atom stereocenters. The van der Waals surface area contributed by atoms with E-state index in [0.717, 1.165) is 25.7 Å². The van der Waals surface area contributed by atoms with Crippen LogP contribution in [0.2, 0.25) is 5.02 Å². The van der Waals surface area contributed by atoms with Crippen molar-refractivity contribution in [2.45, 2.75) is 50.0 Å². The van der Waals surface area contributed by atoms with Gasteiger partial charge in [0.2, 0.25) is 21.9 Å². The molecule has 1 aliphatic carbocycles. The zero-order valence-corrected chi connectivity index (χ0v) is 21.1. The summed E-state index contributed by atoms with van der Waals surface area (Å²) in [5.41, 5.74) is 5.10. The van der Waals surface area contributed by atoms with Gasteiger partial charge < -0.3 is 9.47 Å². The quantitative estimate of drug-likeness (QED) is 0.265. The van der Waals surface area contributed by atoms with Gasteiger partial charge >= 0.3 is 0 Å². The first kappa shape index (κ1) is 26.6. The molecule has 0 aromatic carbocycles. The van der Waals surface area contributed by atoms with Crippen LogP contribution in [0.25, 0.3) is 0 Å². The van der Waals surface area contributed by atoms with Gasteiger partial charge in [-0.1, -0.05) is 30.5 Å². The number of nitrogens with zero attached hydrogens (tertiary/aromatic N) is 4. The Kier molecular flexibility index (Phi) is 9.18. The maximum absolute atomic E-state index is 13.2. The van der Waals surface area contributed by atoms with Crippen LogP contribution in [-0.4, -0.2) is 60.7 Å². The third kappa shape index (κ3) is 7.23. The molecule has 0 aliphatic heterocycles. The molecule has 2 atom stereocenters. The summed E-state index contributed by atoms with van der Waals surface area (Å²) in [6, 6.07) is 4.63. The van der Waals surface area contributed by atoms with Crippen LogP contribution >= 0.6 is 11.6 Å². The van der Waals surface area contributed by atoms with E-state index in [9.17, 15) is 13.2 Å². The van der Waals surface area contributed by atoms with E-state index in [4.69, 9.17) is 21.1 Å². The summed E-state index contributed by atoms with van der Waals surface area (Å²) < 4.78 is 39.3. The van der Waals surface area contributed by atoms with Crippen molar-refractivity contribution in [2.24, 2.45) is 4.99 Å². The average molecular weight is 526 g/mol. The molecule has 0 radical (unpaired) electrons. The number of pyridine rings is 1. The minimum absolute atomic E-state index is 0.0765. The first-order valence-electron chi connectivity index (χ1n) is 10.9. The molecule has 1 aliphatic rings. The lowest BCUT2D eigenvalue weighted by atomic mass is 10.2. The van der Waals surface area contributed by atoms with Crippen molar-refractivity contribution in [3.05, 3.63) is 47.1 Å². The van der Waals surface area contributed by atoms with Crippen molar-refractivity contribution < 1.29 is 22.7 Å². The van der Waals surface area contributed by atoms with Gasteiger partial charge in [-0.25, -0.2) is 28.4 Å². The monoisotopic (exact) mass is 525 g/mol. The highest BCUT2D eigenvalue weighted by Crippen LogP contribution is 2.23. The Morgan fingerprint density at radius 3 is 2.49 bits per heavy atom. The Balaban J connectivity index is 1.77. The van der Waals surface area contributed by atoms with Gasteiger partial charge in [0.25, 0.3) is 5.91 Å². The smallest absolute Gasteiger partial charge is 0.288 e. The predicted molar refractivity (Wildman–Crippen MR) is 129 cm³/mol. The maximum atomic E-state index is 13.2. The van der Waals surface area contributed by atoms with Gasteiger partial charge in [-0.05, 0) is 25.8 Å². The Morgan fingerprint density at radius 2 is 1.86 bits per heavy atom.